The molecule has 1 atom stereocenters. The number of nitrogens with one attached hydrogen (secondary N) is 2. The maximum Gasteiger partial charge on any atom is 0.277 e. The van der Waals surface area contributed by atoms with Gasteiger partial charge in [0.2, 0.25) is 0 Å². The fourth-order valence-electron chi connectivity index (χ4n) is 0.939. The van der Waals surface area contributed by atoms with E-state index in [1.54, 1.807) is 13.8 Å². The van der Waals surface area contributed by atoms with Crippen molar-refractivity contribution < 1.29 is 13.6 Å². The van der Waals surface area contributed by atoms with Crippen LogP contribution in [0.15, 0.2) is 5.16 Å². The number of hydrogen-bond donors (Lipinski definition) is 4. The Bertz CT molecular complexity index is 327. The van der Waals surface area contributed by atoms with Crippen molar-refractivity contribution in [3.05, 3.63) is 0 Å². The highest BCUT2D eigenvalue weighted by Crippen LogP contribution is 2.10. The molecule has 7 nitrogen and oxygen atoms in total. The van der Waals surface area contributed by atoms with Crippen LogP contribution in [-0.4, -0.2) is 31.5 Å². The van der Waals surface area contributed by atoms with E-state index < -0.39 is 15.7 Å². The monoisotopic (exact) mass is 238 g/mol. The minimum Gasteiger partial charge on any atom is -0.409 e. The highest BCUT2D eigenvalue weighted by atomic mass is 32.2. The summed E-state index contributed by atoms with van der Waals surface area (Å²) in [6.45, 7) is 5.20. The fraction of sp³-hybridized carbons (Fsp3) is 0.857. The number of oxime groups is 1. The zero-order chi connectivity index (χ0) is 12.1. The predicted molar refractivity (Wildman–Crippen MR) is 57.8 cm³/mol. The second-order valence-electron chi connectivity index (χ2n) is 3.27. The topological polar surface area (TPSA) is 117 Å². The predicted octanol–water partition coefficient (Wildman–Crippen LogP) is -0.655. The second-order valence-corrected chi connectivity index (χ2v) is 4.77. The number of hydrogen-bond acceptors (Lipinski definition) is 4. The number of nitrogens with zero attached hydrogens (tertiary/aromatic N) is 1. The Morgan fingerprint density at radius 2 is 2.07 bits per heavy atom. The molecule has 5 N–H and O–H groups in total. The van der Waals surface area contributed by atoms with Gasteiger partial charge in [-0.15, -0.1) is 0 Å². The summed E-state index contributed by atoms with van der Waals surface area (Å²) in [5.74, 6) is -0.175. The maximum atomic E-state index is 11.4. The van der Waals surface area contributed by atoms with Gasteiger partial charge in [0.15, 0.2) is 5.84 Å². The van der Waals surface area contributed by atoms with E-state index in [1.165, 1.54) is 6.92 Å². The van der Waals surface area contributed by atoms with E-state index in [2.05, 4.69) is 14.6 Å². The second kappa shape index (κ2) is 5.29. The third-order valence-corrected chi connectivity index (χ3v) is 3.46. The smallest absolute Gasteiger partial charge is 0.277 e. The molecule has 0 aromatic heterocycles. The minimum absolute atomic E-state index is 0.175. The lowest BCUT2D eigenvalue weighted by atomic mass is 10.00. The van der Waals surface area contributed by atoms with E-state index in [4.69, 9.17) is 10.9 Å². The third-order valence-electron chi connectivity index (χ3n) is 2.07. The summed E-state index contributed by atoms with van der Waals surface area (Å²) in [7, 11) is -3.63. The minimum atomic E-state index is -3.63. The van der Waals surface area contributed by atoms with Crippen molar-refractivity contribution in [2.75, 3.05) is 6.54 Å². The highest BCUT2D eigenvalue weighted by Gasteiger charge is 2.32. The molecule has 0 radical (unpaired) electrons. The van der Waals surface area contributed by atoms with Gasteiger partial charge in [-0.1, -0.05) is 19.0 Å². The van der Waals surface area contributed by atoms with Gasteiger partial charge in [-0.05, 0) is 13.3 Å². The highest BCUT2D eigenvalue weighted by molar-refractivity contribution is 7.87. The lowest BCUT2D eigenvalue weighted by Gasteiger charge is -2.27. The lowest BCUT2D eigenvalue weighted by Crippen LogP contribution is -2.57. The average Bonchev–Trinajstić information content (AvgIpc) is 2.15. The summed E-state index contributed by atoms with van der Waals surface area (Å²) in [4.78, 5) is 0. The first-order valence-corrected chi connectivity index (χ1v) is 6.06. The molecule has 0 aliphatic rings. The van der Waals surface area contributed by atoms with Crippen LogP contribution >= 0.6 is 0 Å². The van der Waals surface area contributed by atoms with Gasteiger partial charge >= 0.3 is 0 Å². The SMILES string of the molecule is CCNS(=O)(=O)NC(C)(CC)C(N)=NO. The van der Waals surface area contributed by atoms with Crippen LogP contribution in [0, 0.1) is 0 Å². The molecular formula is C7H18N4O3S. The van der Waals surface area contributed by atoms with E-state index in [1.807, 2.05) is 0 Å². The van der Waals surface area contributed by atoms with Crippen molar-refractivity contribution in [2.24, 2.45) is 10.9 Å². The molecular weight excluding hydrogens is 220 g/mol. The molecule has 0 fully saturated rings. The van der Waals surface area contributed by atoms with Gasteiger partial charge in [-0.3, -0.25) is 0 Å². The molecule has 0 aromatic rings. The molecule has 0 spiro atoms. The Hall–Kier alpha value is -0.860. The van der Waals surface area contributed by atoms with Gasteiger partial charge in [0.05, 0.1) is 5.54 Å². The normalized spacial score (nSPS) is 17.4. The van der Waals surface area contributed by atoms with Crippen molar-refractivity contribution in [3.8, 4) is 0 Å². The van der Waals surface area contributed by atoms with Crippen LogP contribution in [0.3, 0.4) is 0 Å². The molecule has 0 aromatic carbocycles. The summed E-state index contributed by atoms with van der Waals surface area (Å²) in [6.07, 6.45) is 0.369. The van der Waals surface area contributed by atoms with E-state index >= 15 is 0 Å². The van der Waals surface area contributed by atoms with Crippen LogP contribution in [0.5, 0.6) is 0 Å². The van der Waals surface area contributed by atoms with E-state index in [9.17, 15) is 8.42 Å². The Balaban J connectivity index is 4.88. The number of rotatable bonds is 6. The molecule has 0 bridgehead atoms. The largest absolute Gasteiger partial charge is 0.409 e. The van der Waals surface area contributed by atoms with Crippen molar-refractivity contribution in [3.63, 3.8) is 0 Å². The molecule has 1 unspecified atom stereocenters. The fourth-order valence-corrected chi connectivity index (χ4v) is 2.23. The van der Waals surface area contributed by atoms with E-state index in [0.29, 0.717) is 6.42 Å². The molecule has 90 valence electrons. The Labute approximate surface area is 89.9 Å². The van der Waals surface area contributed by atoms with Crippen LogP contribution in [0.25, 0.3) is 0 Å². The Morgan fingerprint density at radius 1 is 1.53 bits per heavy atom. The van der Waals surface area contributed by atoms with Gasteiger partial charge in [0.25, 0.3) is 10.2 Å². The maximum absolute atomic E-state index is 11.4. The molecule has 0 aliphatic heterocycles. The van der Waals surface area contributed by atoms with Crippen LogP contribution in [0.2, 0.25) is 0 Å². The summed E-state index contributed by atoms with van der Waals surface area (Å²) >= 11 is 0. The van der Waals surface area contributed by atoms with Crippen LogP contribution in [-0.2, 0) is 10.2 Å². The molecule has 0 saturated heterocycles. The molecule has 0 saturated carbocycles. The first-order valence-electron chi connectivity index (χ1n) is 4.58. The first-order chi connectivity index (χ1) is 6.81. The van der Waals surface area contributed by atoms with Crippen LogP contribution < -0.4 is 15.2 Å². The van der Waals surface area contributed by atoms with Crippen molar-refractivity contribution >= 4 is 16.0 Å². The van der Waals surface area contributed by atoms with Gasteiger partial charge in [0, 0.05) is 6.54 Å². The lowest BCUT2D eigenvalue weighted by molar-refractivity contribution is 0.310. The quantitative estimate of drug-likeness (QED) is 0.213. The zero-order valence-electron chi connectivity index (χ0n) is 9.11. The average molecular weight is 238 g/mol. The molecule has 0 aliphatic carbocycles. The molecule has 0 heterocycles. The summed E-state index contributed by atoms with van der Waals surface area (Å²) in [5.41, 5.74) is 4.32. The number of amidine groups is 1. The first kappa shape index (κ1) is 14.1. The Kier molecular flexibility index (Phi) is 4.98. The van der Waals surface area contributed by atoms with Crippen molar-refractivity contribution in [1.82, 2.24) is 9.44 Å². The third kappa shape index (κ3) is 4.02. The van der Waals surface area contributed by atoms with Gasteiger partial charge in [-0.25, -0.2) is 4.72 Å². The number of nitrogens with two attached hydrogens (primary N) is 1. The van der Waals surface area contributed by atoms with E-state index in [-0.39, 0.29) is 12.4 Å². The van der Waals surface area contributed by atoms with Gasteiger partial charge < -0.3 is 10.9 Å². The van der Waals surface area contributed by atoms with Gasteiger partial charge in [-0.2, -0.15) is 13.1 Å². The molecule has 0 rings (SSSR count). The summed E-state index contributed by atoms with van der Waals surface area (Å²) < 4.78 is 27.4. The van der Waals surface area contributed by atoms with Crippen molar-refractivity contribution in [2.45, 2.75) is 32.7 Å². The van der Waals surface area contributed by atoms with Crippen molar-refractivity contribution in [1.29, 1.82) is 0 Å². The van der Waals surface area contributed by atoms with Crippen LogP contribution in [0.4, 0.5) is 0 Å². The van der Waals surface area contributed by atoms with Crippen LogP contribution in [0.1, 0.15) is 27.2 Å². The van der Waals surface area contributed by atoms with Gasteiger partial charge in [0.1, 0.15) is 0 Å². The summed E-state index contributed by atoms with van der Waals surface area (Å²) in [6, 6.07) is 0. The Morgan fingerprint density at radius 3 is 2.40 bits per heavy atom. The zero-order valence-corrected chi connectivity index (χ0v) is 9.93. The molecule has 15 heavy (non-hydrogen) atoms. The molecule has 8 heteroatoms. The summed E-state index contributed by atoms with van der Waals surface area (Å²) in [5, 5.41) is 11.4. The standard InChI is InChI=1S/C7H18N4O3S/c1-4-7(3,6(8)10-12)11-15(13,14)9-5-2/h9,11-12H,4-5H2,1-3H3,(H2,8,10). The van der Waals surface area contributed by atoms with E-state index in [0.717, 1.165) is 0 Å². The molecule has 0 amide bonds.